The van der Waals surface area contributed by atoms with Crippen LogP contribution in [0.15, 0.2) is 47.6 Å². The van der Waals surface area contributed by atoms with E-state index < -0.39 is 0 Å². The lowest BCUT2D eigenvalue weighted by atomic mass is 10.0. The number of hydrogen-bond donors (Lipinski definition) is 2. The fraction of sp³-hybridized carbons (Fsp3) is 0.333. The third kappa shape index (κ3) is 5.09. The number of para-hydroxylation sites is 1. The fourth-order valence-corrected chi connectivity index (χ4v) is 2.60. The highest BCUT2D eigenvalue weighted by atomic mass is 16.5. The van der Waals surface area contributed by atoms with Gasteiger partial charge in [0.2, 0.25) is 0 Å². The molecule has 26 heavy (non-hydrogen) atoms. The van der Waals surface area contributed by atoms with Crippen molar-refractivity contribution >= 4 is 11.6 Å². The minimum absolute atomic E-state index is 0.121. The van der Waals surface area contributed by atoms with Crippen LogP contribution in [0.3, 0.4) is 0 Å². The zero-order chi connectivity index (χ0) is 19.1. The summed E-state index contributed by atoms with van der Waals surface area (Å²) in [5.74, 6) is 0.817. The van der Waals surface area contributed by atoms with Crippen molar-refractivity contribution in [1.29, 1.82) is 0 Å². The molecule has 0 spiro atoms. The molecule has 0 aliphatic carbocycles. The van der Waals surface area contributed by atoms with Crippen LogP contribution in [0, 0.1) is 6.92 Å². The van der Waals surface area contributed by atoms with Crippen molar-refractivity contribution in [3.05, 3.63) is 59.2 Å². The zero-order valence-corrected chi connectivity index (χ0v) is 15.7. The molecule has 2 aromatic rings. The van der Waals surface area contributed by atoms with Gasteiger partial charge in [0.25, 0.3) is 5.91 Å². The van der Waals surface area contributed by atoms with Gasteiger partial charge in [0.1, 0.15) is 11.5 Å². The van der Waals surface area contributed by atoms with Gasteiger partial charge in [-0.2, -0.15) is 5.10 Å². The Hall–Kier alpha value is -2.82. The third-order valence-electron chi connectivity index (χ3n) is 4.02. The van der Waals surface area contributed by atoms with Gasteiger partial charge in [-0.15, -0.1) is 0 Å². The van der Waals surface area contributed by atoms with E-state index >= 15 is 0 Å². The minimum atomic E-state index is -0.345. The van der Waals surface area contributed by atoms with E-state index in [0.717, 1.165) is 16.9 Å². The lowest BCUT2D eigenvalue weighted by Crippen LogP contribution is -2.26. The summed E-state index contributed by atoms with van der Waals surface area (Å²) in [5, 5.41) is 14.1. The molecule has 0 radical (unpaired) electrons. The smallest absolute Gasteiger partial charge is 0.277 e. The highest BCUT2D eigenvalue weighted by Gasteiger charge is 2.11. The molecule has 5 heteroatoms. The van der Waals surface area contributed by atoms with Crippen LogP contribution in [0.1, 0.15) is 49.8 Å². The molecule has 138 valence electrons. The molecule has 5 nitrogen and oxygen atoms in total. The number of carbonyl (C=O) groups excluding carboxylic acids is 1. The fourth-order valence-electron chi connectivity index (χ4n) is 2.60. The van der Waals surface area contributed by atoms with Gasteiger partial charge in [0, 0.05) is 5.56 Å². The minimum Gasteiger partial charge on any atom is -0.507 e. The Balaban J connectivity index is 2.03. The van der Waals surface area contributed by atoms with Crippen LogP contribution in [0.4, 0.5) is 0 Å². The Labute approximate surface area is 154 Å². The number of nitrogens with one attached hydrogen (secondary N) is 1. The number of benzene rings is 2. The zero-order valence-electron chi connectivity index (χ0n) is 15.7. The van der Waals surface area contributed by atoms with Gasteiger partial charge in [0.05, 0.1) is 5.71 Å². The molecule has 0 bridgehead atoms. The number of nitrogens with zero attached hydrogens (tertiary/aromatic N) is 1. The Bertz CT molecular complexity index is 798. The molecule has 0 saturated carbocycles. The second-order valence-corrected chi connectivity index (χ2v) is 6.45. The monoisotopic (exact) mass is 354 g/mol. The number of rotatable bonds is 7. The molecule has 0 aliphatic heterocycles. The van der Waals surface area contributed by atoms with Crippen molar-refractivity contribution in [1.82, 2.24) is 5.43 Å². The van der Waals surface area contributed by atoms with Gasteiger partial charge < -0.3 is 9.84 Å². The lowest BCUT2D eigenvalue weighted by molar-refractivity contribution is -0.123. The van der Waals surface area contributed by atoms with Gasteiger partial charge in [-0.3, -0.25) is 4.79 Å². The first kappa shape index (κ1) is 19.5. The summed E-state index contributed by atoms with van der Waals surface area (Å²) in [6, 6.07) is 12.9. The quantitative estimate of drug-likeness (QED) is 0.580. The number of amides is 1. The van der Waals surface area contributed by atoms with Crippen molar-refractivity contribution < 1.29 is 14.6 Å². The molecule has 0 unspecified atom stereocenters. The highest BCUT2D eigenvalue weighted by Crippen LogP contribution is 2.27. The molecule has 2 aromatic carbocycles. The molecular formula is C21H26N2O3. The molecule has 1 amide bonds. The number of ether oxygens (including phenoxy) is 1. The average Bonchev–Trinajstić information content (AvgIpc) is 2.61. The van der Waals surface area contributed by atoms with Crippen LogP contribution in [0.2, 0.25) is 0 Å². The van der Waals surface area contributed by atoms with Gasteiger partial charge >= 0.3 is 0 Å². The number of carbonyl (C=O) groups is 1. The van der Waals surface area contributed by atoms with Crippen molar-refractivity contribution in [2.24, 2.45) is 5.10 Å². The van der Waals surface area contributed by atoms with Crippen LogP contribution in [0.25, 0.3) is 0 Å². The SMILES string of the molecule is CC/C(=N\NC(=O)COc1cc(C)ccc1C(C)C)c1ccccc1O. The maximum absolute atomic E-state index is 12.1. The van der Waals surface area contributed by atoms with Crippen molar-refractivity contribution in [2.45, 2.75) is 40.0 Å². The van der Waals surface area contributed by atoms with Crippen LogP contribution in [-0.4, -0.2) is 23.3 Å². The third-order valence-corrected chi connectivity index (χ3v) is 4.02. The Morgan fingerprint density at radius 2 is 1.96 bits per heavy atom. The van der Waals surface area contributed by atoms with Crippen molar-refractivity contribution in [2.75, 3.05) is 6.61 Å². The van der Waals surface area contributed by atoms with E-state index in [0.29, 0.717) is 23.6 Å². The maximum Gasteiger partial charge on any atom is 0.277 e. The maximum atomic E-state index is 12.1. The highest BCUT2D eigenvalue weighted by molar-refractivity contribution is 6.03. The van der Waals surface area contributed by atoms with E-state index in [-0.39, 0.29) is 18.3 Å². The van der Waals surface area contributed by atoms with E-state index in [4.69, 9.17) is 4.74 Å². The van der Waals surface area contributed by atoms with E-state index in [1.165, 1.54) is 0 Å². The van der Waals surface area contributed by atoms with Crippen molar-refractivity contribution in [3.8, 4) is 11.5 Å². The van der Waals surface area contributed by atoms with Crippen LogP contribution >= 0.6 is 0 Å². The van der Waals surface area contributed by atoms with Crippen molar-refractivity contribution in [3.63, 3.8) is 0 Å². The molecule has 0 aliphatic rings. The normalized spacial score (nSPS) is 11.5. The number of hydrazone groups is 1. The summed E-state index contributed by atoms with van der Waals surface area (Å²) < 4.78 is 5.71. The van der Waals surface area contributed by atoms with E-state index in [9.17, 15) is 9.90 Å². The summed E-state index contributed by atoms with van der Waals surface area (Å²) in [7, 11) is 0. The van der Waals surface area contributed by atoms with E-state index in [2.05, 4.69) is 24.4 Å². The predicted octanol–water partition coefficient (Wildman–Crippen LogP) is 4.13. The molecule has 2 rings (SSSR count). The standard InChI is InChI=1S/C21H26N2O3/c1-5-18(17-8-6-7-9-19(17)24)22-23-21(25)13-26-20-12-15(4)10-11-16(20)14(2)3/h6-12,14,24H,5,13H2,1-4H3,(H,23,25)/b22-18+. The Kier molecular flexibility index (Phi) is 6.78. The first-order valence-corrected chi connectivity index (χ1v) is 8.79. The van der Waals surface area contributed by atoms with Crippen LogP contribution in [0.5, 0.6) is 11.5 Å². The predicted molar refractivity (Wildman–Crippen MR) is 104 cm³/mol. The summed E-state index contributed by atoms with van der Waals surface area (Å²) in [5.41, 5.74) is 5.87. The van der Waals surface area contributed by atoms with Gasteiger partial charge in [-0.25, -0.2) is 5.43 Å². The van der Waals surface area contributed by atoms with Gasteiger partial charge in [-0.05, 0) is 48.6 Å². The number of hydrogen-bond acceptors (Lipinski definition) is 4. The van der Waals surface area contributed by atoms with E-state index in [1.54, 1.807) is 18.2 Å². The molecule has 0 heterocycles. The molecule has 0 fully saturated rings. The first-order valence-electron chi connectivity index (χ1n) is 8.79. The molecule has 0 saturated heterocycles. The first-order chi connectivity index (χ1) is 12.4. The van der Waals surface area contributed by atoms with Crippen LogP contribution in [-0.2, 0) is 4.79 Å². The topological polar surface area (TPSA) is 70.9 Å². The summed E-state index contributed by atoms with van der Waals surface area (Å²) in [4.78, 5) is 12.1. The van der Waals surface area contributed by atoms with Gasteiger partial charge in [0.15, 0.2) is 6.61 Å². The average molecular weight is 354 g/mol. The molecule has 0 atom stereocenters. The van der Waals surface area contributed by atoms with Gasteiger partial charge in [-0.1, -0.05) is 45.0 Å². The summed E-state index contributed by atoms with van der Waals surface area (Å²) >= 11 is 0. The van der Waals surface area contributed by atoms with E-state index in [1.807, 2.05) is 38.1 Å². The second-order valence-electron chi connectivity index (χ2n) is 6.45. The number of aromatic hydroxyl groups is 1. The largest absolute Gasteiger partial charge is 0.507 e. The molecular weight excluding hydrogens is 328 g/mol. The van der Waals surface area contributed by atoms with Crippen LogP contribution < -0.4 is 10.2 Å². The second kappa shape index (κ2) is 9.04. The summed E-state index contributed by atoms with van der Waals surface area (Å²) in [6.07, 6.45) is 0.577. The molecule has 0 aromatic heterocycles. The number of phenolic OH excluding ortho intramolecular Hbond substituents is 1. The lowest BCUT2D eigenvalue weighted by Gasteiger charge is -2.14. The summed E-state index contributed by atoms with van der Waals surface area (Å²) in [6.45, 7) is 7.95. The number of phenols is 1. The number of aryl methyl sites for hydroxylation is 1. The Morgan fingerprint density at radius 3 is 2.62 bits per heavy atom. The molecule has 2 N–H and O–H groups in total. The Morgan fingerprint density at radius 1 is 1.23 bits per heavy atom.